The van der Waals surface area contributed by atoms with E-state index in [1.165, 1.54) is 42.5 Å². The number of methoxy groups -OCH3 is 3. The minimum absolute atomic E-state index is 0.0281. The maximum atomic E-state index is 12.7. The second kappa shape index (κ2) is 39.9. The average molecular weight is 1730 g/mol. The number of fused-ring (bicyclic) bond motifs is 8. The molecule has 9 heterocycles. The molecular weight excluding hydrogens is 1650 g/mol. The van der Waals surface area contributed by atoms with Crippen molar-refractivity contribution < 1.29 is 96.0 Å². The molecule has 24 nitrogen and oxygen atoms in total. The molecule has 0 bridgehead atoms. The van der Waals surface area contributed by atoms with Gasteiger partial charge in [-0.05, 0) is 169 Å². The number of hydrogen-bond acceptors (Lipinski definition) is 18. The fraction of sp³-hybridized carbons (Fsp3) is 0.269. The molecule has 8 aromatic carbocycles. The van der Waals surface area contributed by atoms with Crippen molar-refractivity contribution in [2.24, 2.45) is 0 Å². The van der Waals surface area contributed by atoms with Crippen LogP contribution in [0, 0.1) is 52.2 Å². The number of aromatic nitrogens is 8. The van der Waals surface area contributed by atoms with Gasteiger partial charge in [-0.3, -0.25) is 4.57 Å². The molecule has 0 fully saturated rings. The summed E-state index contributed by atoms with van der Waals surface area (Å²) in [7, 11) is 4.85. The predicted molar refractivity (Wildman–Crippen MR) is 456 cm³/mol. The van der Waals surface area contributed by atoms with Gasteiger partial charge in [-0.2, -0.15) is 47.4 Å². The van der Waals surface area contributed by atoms with Gasteiger partial charge in [-0.15, -0.1) is 23.4 Å². The van der Waals surface area contributed by atoms with Gasteiger partial charge in [0.1, 0.15) is 91.0 Å². The maximum absolute atomic E-state index is 12.7. The van der Waals surface area contributed by atoms with Gasteiger partial charge in [0, 0.05) is 136 Å². The molecule has 0 atom stereocenters. The van der Waals surface area contributed by atoms with Crippen LogP contribution < -0.4 is 47.4 Å². The molecule has 0 amide bonds. The topological polar surface area (TPSA) is 265 Å². The minimum Gasteiger partial charge on any atom is -0.497 e. The van der Waals surface area contributed by atoms with Crippen molar-refractivity contribution in [3.8, 4) is 110 Å². The van der Waals surface area contributed by atoms with E-state index in [9.17, 15) is 50.0 Å². The van der Waals surface area contributed by atoms with Crippen molar-refractivity contribution in [1.29, 1.82) is 21.0 Å². The first-order chi connectivity index (χ1) is 60.6. The molecule has 17 rings (SSSR count). The van der Waals surface area contributed by atoms with Gasteiger partial charge < -0.3 is 79.4 Å². The Hall–Kier alpha value is -15.0. The zero-order chi connectivity index (χ0) is 90.4. The molecule has 126 heavy (non-hydrogen) atoms. The third-order valence-electron chi connectivity index (χ3n) is 20.4. The Kier molecular flexibility index (Phi) is 28.6. The van der Waals surface area contributed by atoms with Crippen LogP contribution in [-0.4, -0.2) is 112 Å². The Morgan fingerprint density at radius 2 is 0.976 bits per heavy atom. The van der Waals surface area contributed by atoms with Crippen molar-refractivity contribution in [3.63, 3.8) is 0 Å². The Morgan fingerprint density at radius 1 is 0.492 bits per heavy atom. The van der Waals surface area contributed by atoms with Crippen LogP contribution in [-0.2, 0) is 30.8 Å². The lowest BCUT2D eigenvalue weighted by molar-refractivity contribution is -0.274. The number of hydrogen-bond donors (Lipinski definition) is 0. The molecule has 0 saturated carbocycles. The van der Waals surface area contributed by atoms with Crippen molar-refractivity contribution in [1.82, 2.24) is 37.6 Å². The third-order valence-corrected chi connectivity index (χ3v) is 20.4. The molecule has 15 aromatic rings. The van der Waals surface area contributed by atoms with E-state index in [4.69, 9.17) is 52.8 Å². The number of halogens is 9. The number of rotatable bonds is 20. The van der Waals surface area contributed by atoms with Gasteiger partial charge in [-0.1, -0.05) is 13.5 Å². The molecule has 0 aliphatic carbocycles. The van der Waals surface area contributed by atoms with Crippen molar-refractivity contribution in [3.05, 3.63) is 216 Å². The molecule has 0 unspecified atom stereocenters. The number of nitriles is 4. The van der Waals surface area contributed by atoms with E-state index in [0.717, 1.165) is 143 Å². The summed E-state index contributed by atoms with van der Waals surface area (Å²) in [6, 6.07) is 49.4. The normalized spacial score (nSPS) is 11.9. The molecule has 0 radical (unpaired) electrons. The van der Waals surface area contributed by atoms with Gasteiger partial charge in [-0.25, -0.2) is 0 Å². The highest BCUT2D eigenvalue weighted by Gasteiger charge is 2.32. The number of aryl methyl sites for hydroxylation is 4. The van der Waals surface area contributed by atoms with E-state index in [-0.39, 0.29) is 33.7 Å². The van der Waals surface area contributed by atoms with E-state index >= 15 is 0 Å². The monoisotopic (exact) mass is 1730 g/mol. The molecule has 33 heteroatoms. The Bertz CT molecular complexity index is 6610. The molecule has 7 aromatic heterocycles. The van der Waals surface area contributed by atoms with Crippen LogP contribution in [0.5, 0.6) is 57.5 Å². The highest BCUT2D eigenvalue weighted by atomic mass is 19.4. The lowest BCUT2D eigenvalue weighted by Crippen LogP contribution is -2.16. The Morgan fingerprint density at radius 3 is 1.51 bits per heavy atom. The SMILES string of the molecule is C=C(OCC)c1c(C)n(-c2ccc(OC)cc2)c2ccc(OC(F)F)cc12.CC(C)n1cc(C#N)c2cc3c(cc21)OCCO3.CCc1nnc(-c2cn(CC)c3cc(OC)ccc23)o1.CCn1c(-c2ccc(OC(F)(F)F)cc2)c(C#N)c2ccc(OC)cc21.CCn1cc(C#N)c2cc3c(cc21)OCCO3.N#Cc1cn(C(F)F)c2cc(OC(F)F)ccc12. The lowest BCUT2D eigenvalue weighted by Gasteiger charge is -2.19. The summed E-state index contributed by atoms with van der Waals surface area (Å²) in [6.07, 6.45) is 2.79. The quantitative estimate of drug-likeness (QED) is 0.0507. The Labute approximate surface area is 717 Å². The first-order valence-corrected chi connectivity index (χ1v) is 39.6. The first-order valence-electron chi connectivity index (χ1n) is 39.6. The number of benzene rings is 8. The standard InChI is InChI=1S/C21H21F2NO3.C19H15F3N2O2.C15H17N3O2.C14H14N2O2.C13H12N2O2.C11H6F4N2O/c1-5-26-14(3)20-13(2)24(15-6-8-16(25-4)9-7-15)19-11-10-17(12-18(19)20)27-21(22)23;1-3-24-17-10-14(25-2)8-9-15(17)16(11-23)18(24)12-4-6-13(7-5-12)26-19(20,21)22;1-4-14-16-17-15(20-14)12-9-18(5-2)13-8-10(19-3)6-7-11(12)13;1-9(2)16-8-10(7-15)11-5-13-14(6-12(11)16)18-4-3-17-13;1-2-15-8-9(7-14)10-5-12-13(6-11(10)15)17-4-3-16-12;12-10(13)17-5-6(4-16)8-2-1-7(3-9(8)17)18-11(14)15/h6-12,21H,3,5H2,1-2,4H3;4-10H,3H2,1-2H3;6-9H,4-5H2,1-3H3;5-6,8-9H,3-4H2,1-2H3;5-6,8H,2-4H2,1H3;1-3,5,10-11H. The van der Waals surface area contributed by atoms with Crippen LogP contribution in [0.4, 0.5) is 39.5 Å². The summed E-state index contributed by atoms with van der Waals surface area (Å²) in [4.78, 5) is 0. The molecule has 652 valence electrons. The Balaban J connectivity index is 0.000000139. The summed E-state index contributed by atoms with van der Waals surface area (Å²) in [6.45, 7) is 16.3. The smallest absolute Gasteiger partial charge is 0.497 e. The van der Waals surface area contributed by atoms with Crippen LogP contribution in [0.2, 0.25) is 0 Å². The third kappa shape index (κ3) is 19.7. The summed E-state index contributed by atoms with van der Waals surface area (Å²) < 4.78 is 184. The highest BCUT2D eigenvalue weighted by molar-refractivity contribution is 5.98. The molecule has 2 aliphatic rings. The molecule has 0 spiro atoms. The first kappa shape index (κ1) is 90.2. The number of alkyl halides is 9. The van der Waals surface area contributed by atoms with E-state index in [0.29, 0.717) is 101 Å². The summed E-state index contributed by atoms with van der Waals surface area (Å²) in [5.74, 6) is 6.51. The van der Waals surface area contributed by atoms with E-state index in [2.05, 4.69) is 92.2 Å². The van der Waals surface area contributed by atoms with Crippen LogP contribution in [0.15, 0.2) is 181 Å². The second-order valence-corrected chi connectivity index (χ2v) is 28.0. The summed E-state index contributed by atoms with van der Waals surface area (Å²) in [5, 5.41) is 49.6. The van der Waals surface area contributed by atoms with Gasteiger partial charge in [0.05, 0.1) is 94.5 Å². The number of ether oxygens (including phenoxy) is 11. The summed E-state index contributed by atoms with van der Waals surface area (Å²) >= 11 is 0. The second-order valence-electron chi connectivity index (χ2n) is 28.0. The van der Waals surface area contributed by atoms with E-state index in [1.807, 2.05) is 133 Å². The van der Waals surface area contributed by atoms with Crippen molar-refractivity contribution in [2.45, 2.75) is 114 Å². The van der Waals surface area contributed by atoms with Crippen LogP contribution in [0.1, 0.15) is 100 Å². The average Bonchev–Trinajstić information content (AvgIpc) is 1.59. The van der Waals surface area contributed by atoms with Gasteiger partial charge in [0.15, 0.2) is 23.0 Å². The predicted octanol–water partition coefficient (Wildman–Crippen LogP) is 22.6. The zero-order valence-corrected chi connectivity index (χ0v) is 70.2. The highest BCUT2D eigenvalue weighted by Crippen LogP contribution is 2.43. The van der Waals surface area contributed by atoms with E-state index in [1.54, 1.807) is 45.6 Å². The van der Waals surface area contributed by atoms with Crippen LogP contribution >= 0.6 is 0 Å². The van der Waals surface area contributed by atoms with Gasteiger partial charge >= 0.3 is 26.1 Å². The minimum atomic E-state index is -4.74. The van der Waals surface area contributed by atoms with Gasteiger partial charge in [0.2, 0.25) is 11.8 Å². The molecule has 0 saturated heterocycles. The molecule has 2 aliphatic heterocycles. The van der Waals surface area contributed by atoms with Crippen molar-refractivity contribution >= 4 is 71.2 Å². The fourth-order valence-corrected chi connectivity index (χ4v) is 14.7. The van der Waals surface area contributed by atoms with Crippen LogP contribution in [0.3, 0.4) is 0 Å². The maximum Gasteiger partial charge on any atom is 0.573 e. The van der Waals surface area contributed by atoms with E-state index < -0.39 is 26.1 Å². The lowest BCUT2D eigenvalue weighted by atomic mass is 10.1. The zero-order valence-electron chi connectivity index (χ0n) is 70.2. The number of nitrogens with zero attached hydrogens (tertiary/aromatic N) is 12. The van der Waals surface area contributed by atoms with Gasteiger partial charge in [0.25, 0.3) is 0 Å². The van der Waals surface area contributed by atoms with Crippen molar-refractivity contribution in [2.75, 3.05) is 54.4 Å². The molecule has 0 N–H and O–H groups in total. The molecular formula is C93H85F9N12O12. The summed E-state index contributed by atoms with van der Waals surface area (Å²) in [5.41, 5.74) is 11.5. The largest absolute Gasteiger partial charge is 0.573 e. The fourth-order valence-electron chi connectivity index (χ4n) is 14.7. The van der Waals surface area contributed by atoms with Crippen LogP contribution in [0.25, 0.3) is 99.6 Å².